The standard InChI is InChI=1S/C3H3Cl4F/c4-1-2(5)3(6,7)8/h2H,1H2. The SMILES string of the molecule is FC(Cl)(Cl)C(Cl)CCl. The molecule has 0 saturated carbocycles. The third-order valence-electron chi connectivity index (χ3n) is 0.491. The fourth-order valence-electron chi connectivity index (χ4n) is 0.0875. The normalized spacial score (nSPS) is 16.1. The summed E-state index contributed by atoms with van der Waals surface area (Å²) < 4.78 is 9.68. The van der Waals surface area contributed by atoms with E-state index in [1.165, 1.54) is 0 Å². The molecule has 0 heterocycles. The Morgan fingerprint density at radius 1 is 1.50 bits per heavy atom. The second-order valence-electron chi connectivity index (χ2n) is 1.16. The number of hydrogen-bond donors (Lipinski definition) is 0. The monoisotopic (exact) mass is 198 g/mol. The quantitative estimate of drug-likeness (QED) is 0.601. The van der Waals surface area contributed by atoms with E-state index >= 15 is 0 Å². The molecule has 0 N–H and O–H groups in total. The molecule has 0 aromatic rings. The Kier molecular flexibility index (Phi) is 3.76. The van der Waals surface area contributed by atoms with Crippen LogP contribution in [0.3, 0.4) is 0 Å². The molecule has 0 aromatic carbocycles. The van der Waals surface area contributed by atoms with Crippen LogP contribution in [0.5, 0.6) is 0 Å². The molecule has 0 spiro atoms. The van der Waals surface area contributed by atoms with Gasteiger partial charge < -0.3 is 0 Å². The average Bonchev–Trinajstić information content (AvgIpc) is 1.62. The van der Waals surface area contributed by atoms with Crippen LogP contribution in [0.1, 0.15) is 0 Å². The summed E-state index contributed by atoms with van der Waals surface area (Å²) in [6, 6.07) is 0. The van der Waals surface area contributed by atoms with E-state index < -0.39 is 9.96 Å². The zero-order valence-corrected chi connectivity index (χ0v) is 6.70. The summed E-state index contributed by atoms with van der Waals surface area (Å²) in [5.41, 5.74) is 0. The first-order valence-electron chi connectivity index (χ1n) is 1.75. The smallest absolute Gasteiger partial charge is 0.206 e. The molecule has 0 aromatic heterocycles. The minimum absolute atomic E-state index is 0.106. The van der Waals surface area contributed by atoms with Crippen molar-refractivity contribution in [1.29, 1.82) is 0 Å². The summed E-state index contributed by atoms with van der Waals surface area (Å²) in [6.45, 7) is 0. The van der Waals surface area contributed by atoms with Gasteiger partial charge in [0, 0.05) is 5.88 Å². The van der Waals surface area contributed by atoms with E-state index in [1.54, 1.807) is 0 Å². The van der Waals surface area contributed by atoms with Gasteiger partial charge in [-0.2, -0.15) is 0 Å². The van der Waals surface area contributed by atoms with E-state index in [1.807, 2.05) is 0 Å². The van der Waals surface area contributed by atoms with Gasteiger partial charge in [-0.1, -0.05) is 23.2 Å². The van der Waals surface area contributed by atoms with E-state index in [0.29, 0.717) is 0 Å². The molecular weight excluding hydrogens is 197 g/mol. The van der Waals surface area contributed by atoms with Crippen molar-refractivity contribution < 1.29 is 4.39 Å². The van der Waals surface area contributed by atoms with Gasteiger partial charge in [0.2, 0.25) is 0 Å². The molecule has 0 aliphatic rings. The Labute approximate surface area is 66.8 Å². The fourth-order valence-corrected chi connectivity index (χ4v) is 0.612. The molecule has 1 unspecified atom stereocenters. The van der Waals surface area contributed by atoms with Crippen LogP contribution < -0.4 is 0 Å². The van der Waals surface area contributed by atoms with Crippen molar-refractivity contribution >= 4 is 46.4 Å². The first-order valence-corrected chi connectivity index (χ1v) is 3.48. The zero-order chi connectivity index (χ0) is 6.78. The van der Waals surface area contributed by atoms with Gasteiger partial charge >= 0.3 is 0 Å². The second-order valence-corrected chi connectivity index (χ2v) is 3.29. The molecular formula is C3H3Cl4F. The minimum atomic E-state index is -2.41. The lowest BCUT2D eigenvalue weighted by Gasteiger charge is -2.11. The summed E-state index contributed by atoms with van der Waals surface area (Å²) in [5.74, 6) is -0.106. The Morgan fingerprint density at radius 3 is 1.88 bits per heavy atom. The van der Waals surface area contributed by atoms with E-state index in [4.69, 9.17) is 46.4 Å². The lowest BCUT2D eigenvalue weighted by atomic mass is 10.5. The van der Waals surface area contributed by atoms with Crippen molar-refractivity contribution in [3.05, 3.63) is 0 Å². The third-order valence-corrected chi connectivity index (χ3v) is 2.16. The lowest BCUT2D eigenvalue weighted by molar-refractivity contribution is 0.389. The molecule has 0 rings (SSSR count). The van der Waals surface area contributed by atoms with Gasteiger partial charge in [-0.15, -0.1) is 23.2 Å². The van der Waals surface area contributed by atoms with Gasteiger partial charge in [0.15, 0.2) is 0 Å². The van der Waals surface area contributed by atoms with Crippen LogP contribution in [-0.4, -0.2) is 15.8 Å². The van der Waals surface area contributed by atoms with Crippen molar-refractivity contribution in [3.63, 3.8) is 0 Å². The summed E-state index contributed by atoms with van der Waals surface area (Å²) in [4.78, 5) is 0. The molecule has 8 heavy (non-hydrogen) atoms. The minimum Gasteiger partial charge on any atom is -0.206 e. The Bertz CT molecular complexity index is 68.2. The number of halogens is 5. The summed E-state index contributed by atoms with van der Waals surface area (Å²) in [6.07, 6.45) is 0. The van der Waals surface area contributed by atoms with E-state index in [2.05, 4.69) is 0 Å². The molecule has 0 aliphatic heterocycles. The summed E-state index contributed by atoms with van der Waals surface area (Å²) in [5, 5.41) is -1.05. The predicted molar refractivity (Wildman–Crippen MR) is 35.9 cm³/mol. The van der Waals surface area contributed by atoms with Gasteiger partial charge in [-0.25, -0.2) is 4.39 Å². The Morgan fingerprint density at radius 2 is 1.88 bits per heavy atom. The maximum absolute atomic E-state index is 12.1. The predicted octanol–water partition coefficient (Wildman–Crippen LogP) is 2.93. The lowest BCUT2D eigenvalue weighted by Crippen LogP contribution is -2.21. The van der Waals surface area contributed by atoms with Gasteiger partial charge in [-0.3, -0.25) is 0 Å². The topological polar surface area (TPSA) is 0 Å². The van der Waals surface area contributed by atoms with Gasteiger partial charge in [-0.05, 0) is 0 Å². The highest BCUT2D eigenvalue weighted by atomic mass is 35.5. The molecule has 1 atom stereocenters. The van der Waals surface area contributed by atoms with Crippen molar-refractivity contribution in [1.82, 2.24) is 0 Å². The average molecular weight is 200 g/mol. The van der Waals surface area contributed by atoms with Crippen LogP contribution in [0.15, 0.2) is 0 Å². The van der Waals surface area contributed by atoms with Crippen molar-refractivity contribution in [2.75, 3.05) is 5.88 Å². The molecule has 0 aliphatic carbocycles. The van der Waals surface area contributed by atoms with Gasteiger partial charge in [0.1, 0.15) is 5.38 Å². The molecule has 0 saturated heterocycles. The van der Waals surface area contributed by atoms with Crippen molar-refractivity contribution in [3.8, 4) is 0 Å². The van der Waals surface area contributed by atoms with E-state index in [-0.39, 0.29) is 5.88 Å². The first kappa shape index (κ1) is 9.09. The fraction of sp³-hybridized carbons (Fsp3) is 1.00. The molecule has 0 bridgehead atoms. The molecule has 0 fully saturated rings. The van der Waals surface area contributed by atoms with Crippen LogP contribution in [0.2, 0.25) is 0 Å². The van der Waals surface area contributed by atoms with Crippen LogP contribution >= 0.6 is 46.4 Å². The largest absolute Gasteiger partial charge is 0.274 e. The van der Waals surface area contributed by atoms with Crippen LogP contribution in [0.4, 0.5) is 4.39 Å². The first-order chi connectivity index (χ1) is 3.48. The zero-order valence-electron chi connectivity index (χ0n) is 3.67. The highest BCUT2D eigenvalue weighted by Crippen LogP contribution is 2.31. The van der Waals surface area contributed by atoms with Gasteiger partial charge in [0.25, 0.3) is 4.59 Å². The highest BCUT2D eigenvalue weighted by molar-refractivity contribution is 6.51. The van der Waals surface area contributed by atoms with E-state index in [0.717, 1.165) is 0 Å². The highest BCUT2D eigenvalue weighted by Gasteiger charge is 2.32. The molecule has 0 nitrogen and oxygen atoms in total. The van der Waals surface area contributed by atoms with Crippen LogP contribution in [0, 0.1) is 0 Å². The second kappa shape index (κ2) is 3.31. The van der Waals surface area contributed by atoms with Crippen molar-refractivity contribution in [2.45, 2.75) is 9.96 Å². The summed E-state index contributed by atoms with van der Waals surface area (Å²) in [7, 11) is 0. The molecule has 5 heteroatoms. The maximum Gasteiger partial charge on any atom is 0.274 e. The Balaban J connectivity index is 3.62. The number of hydrogen-bond acceptors (Lipinski definition) is 0. The van der Waals surface area contributed by atoms with Crippen molar-refractivity contribution in [2.24, 2.45) is 0 Å². The van der Waals surface area contributed by atoms with E-state index in [9.17, 15) is 4.39 Å². The third kappa shape index (κ3) is 3.18. The van der Waals surface area contributed by atoms with Crippen LogP contribution in [-0.2, 0) is 0 Å². The van der Waals surface area contributed by atoms with Gasteiger partial charge in [0.05, 0.1) is 0 Å². The summed E-state index contributed by atoms with van der Waals surface area (Å²) >= 11 is 20.0. The van der Waals surface area contributed by atoms with Crippen LogP contribution in [0.25, 0.3) is 0 Å². The molecule has 0 radical (unpaired) electrons. The Hall–Kier alpha value is 1.09. The molecule has 50 valence electrons. The molecule has 0 amide bonds. The number of alkyl halides is 5. The maximum atomic E-state index is 12.1. The number of rotatable bonds is 2.